The summed E-state index contributed by atoms with van der Waals surface area (Å²) in [4.78, 5) is 27.3. The van der Waals surface area contributed by atoms with Gasteiger partial charge in [-0.15, -0.1) is 0 Å². The zero-order chi connectivity index (χ0) is 17.2. The van der Waals surface area contributed by atoms with Gasteiger partial charge in [0.15, 0.2) is 0 Å². The molecule has 0 radical (unpaired) electrons. The van der Waals surface area contributed by atoms with Crippen LogP contribution >= 0.6 is 0 Å². The van der Waals surface area contributed by atoms with E-state index in [0.29, 0.717) is 13.0 Å². The minimum absolute atomic E-state index is 0.0213. The molecule has 1 aromatic heterocycles. The highest BCUT2D eigenvalue weighted by Crippen LogP contribution is 2.52. The Hall–Kier alpha value is -1.85. The van der Waals surface area contributed by atoms with Crippen molar-refractivity contribution in [1.29, 1.82) is 0 Å². The van der Waals surface area contributed by atoms with Crippen LogP contribution in [0.4, 0.5) is 0 Å². The number of aryl methyl sites for hydroxylation is 1. The smallest absolute Gasteiger partial charge is 0.314 e. The Balaban J connectivity index is 1.63. The molecule has 2 fully saturated rings. The molecule has 1 N–H and O–H groups in total. The van der Waals surface area contributed by atoms with Crippen LogP contribution in [0, 0.1) is 5.41 Å². The van der Waals surface area contributed by atoms with Gasteiger partial charge in [0.05, 0.1) is 18.2 Å². The lowest BCUT2D eigenvalue weighted by atomic mass is 9.72. The van der Waals surface area contributed by atoms with Crippen LogP contribution in [-0.4, -0.2) is 45.7 Å². The van der Waals surface area contributed by atoms with E-state index in [1.807, 2.05) is 24.9 Å². The van der Waals surface area contributed by atoms with E-state index in [0.717, 1.165) is 44.1 Å². The van der Waals surface area contributed by atoms with Crippen molar-refractivity contribution in [2.45, 2.75) is 70.9 Å². The maximum absolute atomic E-state index is 12.8. The predicted molar refractivity (Wildman–Crippen MR) is 89.2 cm³/mol. The van der Waals surface area contributed by atoms with Gasteiger partial charge in [0.1, 0.15) is 0 Å². The third-order valence-corrected chi connectivity index (χ3v) is 5.75. The SMILES string of the molecule is CCOC(=O)[C@@]1(CC)C[C@H]2CC[C@@H]1N2C(=O)CCCc1cn[nH]c1. The number of ether oxygens (including phenoxy) is 1. The number of nitrogens with one attached hydrogen (secondary N) is 1. The van der Waals surface area contributed by atoms with Crippen molar-refractivity contribution in [3.63, 3.8) is 0 Å². The van der Waals surface area contributed by atoms with Crippen LogP contribution in [-0.2, 0) is 20.7 Å². The third kappa shape index (κ3) is 2.82. The van der Waals surface area contributed by atoms with Crippen LogP contribution in [0.2, 0.25) is 0 Å². The molecule has 0 aromatic carbocycles. The monoisotopic (exact) mass is 333 g/mol. The van der Waals surface area contributed by atoms with Gasteiger partial charge < -0.3 is 9.64 Å². The molecule has 6 nitrogen and oxygen atoms in total. The van der Waals surface area contributed by atoms with Gasteiger partial charge in [0.2, 0.25) is 5.91 Å². The normalized spacial score (nSPS) is 28.3. The molecule has 3 atom stereocenters. The summed E-state index contributed by atoms with van der Waals surface area (Å²) in [6, 6.07) is 0.230. The largest absolute Gasteiger partial charge is 0.466 e. The molecule has 1 aromatic rings. The first-order chi connectivity index (χ1) is 11.6. The molecule has 0 unspecified atom stereocenters. The average Bonchev–Trinajstić information content (AvgIpc) is 3.29. The van der Waals surface area contributed by atoms with Crippen molar-refractivity contribution in [2.24, 2.45) is 5.41 Å². The first-order valence-electron chi connectivity index (χ1n) is 9.08. The first-order valence-corrected chi connectivity index (χ1v) is 9.08. The molecule has 132 valence electrons. The number of rotatable bonds is 7. The van der Waals surface area contributed by atoms with Crippen LogP contribution in [0.1, 0.15) is 57.9 Å². The number of carbonyl (C=O) groups excluding carboxylic acids is 2. The molecule has 2 saturated heterocycles. The van der Waals surface area contributed by atoms with E-state index >= 15 is 0 Å². The van der Waals surface area contributed by atoms with E-state index in [2.05, 4.69) is 10.2 Å². The van der Waals surface area contributed by atoms with E-state index in [-0.39, 0.29) is 24.0 Å². The van der Waals surface area contributed by atoms with Gasteiger partial charge in [0, 0.05) is 24.7 Å². The number of esters is 1. The van der Waals surface area contributed by atoms with Crippen molar-refractivity contribution in [3.8, 4) is 0 Å². The molecule has 3 heterocycles. The molecular weight excluding hydrogens is 306 g/mol. The summed E-state index contributed by atoms with van der Waals surface area (Å²) in [5.74, 6) is 0.0708. The summed E-state index contributed by atoms with van der Waals surface area (Å²) in [5.41, 5.74) is 0.640. The number of aromatic amines is 1. The minimum atomic E-state index is -0.487. The number of aromatic nitrogens is 2. The van der Waals surface area contributed by atoms with Crippen molar-refractivity contribution in [2.75, 3.05) is 6.61 Å². The third-order valence-electron chi connectivity index (χ3n) is 5.75. The molecule has 0 aliphatic carbocycles. The molecular formula is C18H27N3O3. The summed E-state index contributed by atoms with van der Waals surface area (Å²) in [6.07, 6.45) is 9.30. The lowest BCUT2D eigenvalue weighted by Crippen LogP contribution is -2.45. The number of carbonyl (C=O) groups is 2. The summed E-state index contributed by atoms with van der Waals surface area (Å²) < 4.78 is 5.34. The number of H-pyrrole nitrogens is 1. The van der Waals surface area contributed by atoms with Gasteiger partial charge in [0.25, 0.3) is 0 Å². The zero-order valence-electron chi connectivity index (χ0n) is 14.6. The molecule has 3 rings (SSSR count). The summed E-state index contributed by atoms with van der Waals surface area (Å²) in [5, 5.41) is 6.72. The van der Waals surface area contributed by atoms with Crippen LogP contribution in [0.5, 0.6) is 0 Å². The Labute approximate surface area is 142 Å². The van der Waals surface area contributed by atoms with Crippen molar-refractivity contribution in [3.05, 3.63) is 18.0 Å². The van der Waals surface area contributed by atoms with Crippen molar-refractivity contribution >= 4 is 11.9 Å². The Morgan fingerprint density at radius 2 is 2.25 bits per heavy atom. The fourth-order valence-corrected chi connectivity index (χ4v) is 4.57. The average molecular weight is 333 g/mol. The maximum Gasteiger partial charge on any atom is 0.314 e. The summed E-state index contributed by atoms with van der Waals surface area (Å²) >= 11 is 0. The fraction of sp³-hybridized carbons (Fsp3) is 0.722. The van der Waals surface area contributed by atoms with Gasteiger partial charge >= 0.3 is 5.97 Å². The van der Waals surface area contributed by atoms with Crippen LogP contribution < -0.4 is 0 Å². The van der Waals surface area contributed by atoms with Crippen molar-refractivity contribution < 1.29 is 14.3 Å². The molecule has 6 heteroatoms. The van der Waals surface area contributed by atoms with E-state index in [1.165, 1.54) is 0 Å². The second kappa shape index (κ2) is 6.95. The first kappa shape index (κ1) is 17.0. The van der Waals surface area contributed by atoms with Gasteiger partial charge in [-0.2, -0.15) is 5.10 Å². The zero-order valence-corrected chi connectivity index (χ0v) is 14.6. The van der Waals surface area contributed by atoms with Gasteiger partial charge in [-0.25, -0.2) is 0 Å². The standard InChI is InChI=1S/C18H27N3O3/c1-3-18(17(23)24-4-2)10-14-8-9-15(18)21(14)16(22)7-5-6-13-11-19-20-12-13/h11-12,14-15H,3-10H2,1-2H3,(H,19,20)/t14-,15+,18+/m1/s1. The van der Waals surface area contributed by atoms with E-state index in [4.69, 9.17) is 4.74 Å². The number of fused-ring (bicyclic) bond motifs is 2. The van der Waals surface area contributed by atoms with Crippen molar-refractivity contribution in [1.82, 2.24) is 15.1 Å². The second-order valence-electron chi connectivity index (χ2n) is 6.94. The Morgan fingerprint density at radius 1 is 1.42 bits per heavy atom. The number of amides is 1. The van der Waals surface area contributed by atoms with Gasteiger partial charge in [-0.05, 0) is 51.0 Å². The van der Waals surface area contributed by atoms with Crippen LogP contribution in [0.3, 0.4) is 0 Å². The van der Waals surface area contributed by atoms with Crippen LogP contribution in [0.25, 0.3) is 0 Å². The quantitative estimate of drug-likeness (QED) is 0.778. The lowest BCUT2D eigenvalue weighted by Gasteiger charge is -2.34. The molecule has 24 heavy (non-hydrogen) atoms. The molecule has 2 bridgehead atoms. The lowest BCUT2D eigenvalue weighted by molar-refractivity contribution is -0.158. The predicted octanol–water partition coefficient (Wildman–Crippen LogP) is 2.46. The molecule has 0 spiro atoms. The summed E-state index contributed by atoms with van der Waals surface area (Å²) in [7, 11) is 0. The molecule has 2 aliphatic heterocycles. The molecule has 1 amide bonds. The molecule has 0 saturated carbocycles. The highest BCUT2D eigenvalue weighted by Gasteiger charge is 2.60. The van der Waals surface area contributed by atoms with Gasteiger partial charge in [-0.1, -0.05) is 6.92 Å². The Kier molecular flexibility index (Phi) is 4.92. The highest BCUT2D eigenvalue weighted by molar-refractivity contribution is 5.83. The number of nitrogens with zero attached hydrogens (tertiary/aromatic N) is 2. The Bertz CT molecular complexity index is 586. The Morgan fingerprint density at radius 3 is 2.92 bits per heavy atom. The van der Waals surface area contributed by atoms with E-state index in [9.17, 15) is 9.59 Å². The summed E-state index contributed by atoms with van der Waals surface area (Å²) in [6.45, 7) is 4.28. The number of hydrogen-bond donors (Lipinski definition) is 1. The number of hydrogen-bond acceptors (Lipinski definition) is 4. The molecule has 2 aliphatic rings. The van der Waals surface area contributed by atoms with E-state index in [1.54, 1.807) is 6.20 Å². The minimum Gasteiger partial charge on any atom is -0.466 e. The topological polar surface area (TPSA) is 75.3 Å². The van der Waals surface area contributed by atoms with Crippen LogP contribution in [0.15, 0.2) is 12.4 Å². The van der Waals surface area contributed by atoms with Gasteiger partial charge in [-0.3, -0.25) is 14.7 Å². The second-order valence-corrected chi connectivity index (χ2v) is 6.94. The highest BCUT2D eigenvalue weighted by atomic mass is 16.5. The fourth-order valence-electron chi connectivity index (χ4n) is 4.57. The maximum atomic E-state index is 12.8. The van der Waals surface area contributed by atoms with E-state index < -0.39 is 5.41 Å².